The molecule has 0 aliphatic heterocycles. The summed E-state index contributed by atoms with van der Waals surface area (Å²) in [7, 11) is 0. The van der Waals surface area contributed by atoms with Gasteiger partial charge in [-0.1, -0.05) is 27.7 Å². The molecule has 0 fully saturated rings. The van der Waals surface area contributed by atoms with Crippen molar-refractivity contribution in [2.45, 2.75) is 34.1 Å². The Balaban J connectivity index is 4.16. The monoisotopic (exact) mass is 167 g/mol. The zero-order valence-corrected chi connectivity index (χ0v) is 8.29. The lowest BCUT2D eigenvalue weighted by molar-refractivity contribution is -0.123. The van der Waals surface area contributed by atoms with Crippen LogP contribution in [0.25, 0.3) is 0 Å². The smallest absolute Gasteiger partial charge is 0.150 e. The zero-order chi connectivity index (χ0) is 9.72. The molecule has 1 atom stereocenters. The Morgan fingerprint density at radius 2 is 1.83 bits per heavy atom. The Hall–Kier alpha value is -0.840. The zero-order valence-electron chi connectivity index (χ0n) is 8.29. The van der Waals surface area contributed by atoms with E-state index in [0.29, 0.717) is 12.3 Å². The lowest BCUT2D eigenvalue weighted by atomic mass is 9.89. The normalized spacial score (nSPS) is 13.1. The third kappa shape index (κ3) is 3.52. The number of hydrogen-bond acceptors (Lipinski definition) is 2. The van der Waals surface area contributed by atoms with Crippen molar-refractivity contribution in [3.05, 3.63) is 0 Å². The molecular weight excluding hydrogens is 150 g/mol. The molecular formula is C10H17NO. The van der Waals surface area contributed by atoms with Crippen LogP contribution in [0.5, 0.6) is 0 Å². The van der Waals surface area contributed by atoms with Gasteiger partial charge in [-0.15, -0.1) is 0 Å². The second-order valence-electron chi connectivity index (χ2n) is 3.92. The van der Waals surface area contributed by atoms with Gasteiger partial charge in [-0.05, 0) is 11.8 Å². The maximum atomic E-state index is 11.4. The van der Waals surface area contributed by atoms with Crippen LogP contribution in [-0.2, 0) is 4.79 Å². The van der Waals surface area contributed by atoms with Crippen molar-refractivity contribution in [2.24, 2.45) is 17.8 Å². The van der Waals surface area contributed by atoms with E-state index in [0.717, 1.165) is 0 Å². The van der Waals surface area contributed by atoms with Crippen molar-refractivity contribution in [3.63, 3.8) is 0 Å². The van der Waals surface area contributed by atoms with E-state index in [-0.39, 0.29) is 11.7 Å². The maximum absolute atomic E-state index is 11.4. The number of nitrogens with zero attached hydrogens (tertiary/aromatic N) is 1. The number of rotatable bonds is 4. The highest BCUT2D eigenvalue weighted by Crippen LogP contribution is 2.15. The predicted octanol–water partition coefficient (Wildman–Crippen LogP) is 2.40. The molecule has 0 aromatic rings. The van der Waals surface area contributed by atoms with Gasteiger partial charge in [0.15, 0.2) is 5.78 Å². The lowest BCUT2D eigenvalue weighted by Crippen LogP contribution is -2.19. The molecule has 0 spiro atoms. The summed E-state index contributed by atoms with van der Waals surface area (Å²) in [5.41, 5.74) is 0. The third-order valence-electron chi connectivity index (χ3n) is 1.76. The predicted molar refractivity (Wildman–Crippen MR) is 48.4 cm³/mol. The largest absolute Gasteiger partial charge is 0.298 e. The molecule has 0 heterocycles. The fourth-order valence-corrected chi connectivity index (χ4v) is 1.12. The standard InChI is InChI=1S/C10H17NO/c1-7(2)5-10(12)9(6-11)8(3)4/h7-9H,5H2,1-4H3. The number of Topliss-reactive ketones (excluding diaryl/α,β-unsaturated/α-hetero) is 1. The van der Waals surface area contributed by atoms with Crippen molar-refractivity contribution in [3.8, 4) is 6.07 Å². The first kappa shape index (κ1) is 11.2. The second-order valence-corrected chi connectivity index (χ2v) is 3.92. The van der Waals surface area contributed by atoms with E-state index in [9.17, 15) is 4.79 Å². The molecule has 0 saturated heterocycles. The van der Waals surface area contributed by atoms with E-state index in [1.807, 2.05) is 27.7 Å². The van der Waals surface area contributed by atoms with Crippen molar-refractivity contribution >= 4 is 5.78 Å². The van der Waals surface area contributed by atoms with Crippen LogP contribution < -0.4 is 0 Å². The molecule has 0 bridgehead atoms. The van der Waals surface area contributed by atoms with Crippen molar-refractivity contribution in [1.82, 2.24) is 0 Å². The molecule has 0 amide bonds. The summed E-state index contributed by atoms with van der Waals surface area (Å²) in [6, 6.07) is 2.06. The average molecular weight is 167 g/mol. The van der Waals surface area contributed by atoms with Gasteiger partial charge in [-0.25, -0.2) is 0 Å². The highest BCUT2D eigenvalue weighted by molar-refractivity contribution is 5.83. The number of nitriles is 1. The van der Waals surface area contributed by atoms with Crippen LogP contribution in [-0.4, -0.2) is 5.78 Å². The summed E-state index contributed by atoms with van der Waals surface area (Å²) < 4.78 is 0. The van der Waals surface area contributed by atoms with E-state index >= 15 is 0 Å². The Morgan fingerprint density at radius 3 is 2.08 bits per heavy atom. The Morgan fingerprint density at radius 1 is 1.33 bits per heavy atom. The van der Waals surface area contributed by atoms with Gasteiger partial charge in [0.25, 0.3) is 0 Å². The first-order valence-corrected chi connectivity index (χ1v) is 4.41. The van der Waals surface area contributed by atoms with Crippen LogP contribution in [0.3, 0.4) is 0 Å². The van der Waals surface area contributed by atoms with Gasteiger partial charge < -0.3 is 0 Å². The van der Waals surface area contributed by atoms with Gasteiger partial charge in [-0.2, -0.15) is 5.26 Å². The first-order valence-electron chi connectivity index (χ1n) is 4.41. The molecule has 12 heavy (non-hydrogen) atoms. The molecule has 0 aromatic heterocycles. The molecule has 0 saturated carbocycles. The molecule has 68 valence electrons. The highest BCUT2D eigenvalue weighted by atomic mass is 16.1. The molecule has 0 aliphatic carbocycles. The molecule has 0 N–H and O–H groups in total. The quantitative estimate of drug-likeness (QED) is 0.645. The van der Waals surface area contributed by atoms with E-state index in [2.05, 4.69) is 6.07 Å². The van der Waals surface area contributed by atoms with Gasteiger partial charge in [0.1, 0.15) is 5.92 Å². The van der Waals surface area contributed by atoms with E-state index in [4.69, 9.17) is 5.26 Å². The number of carbonyl (C=O) groups is 1. The molecule has 0 radical (unpaired) electrons. The van der Waals surface area contributed by atoms with Crippen LogP contribution in [0.4, 0.5) is 0 Å². The van der Waals surface area contributed by atoms with Crippen LogP contribution in [0.1, 0.15) is 34.1 Å². The minimum Gasteiger partial charge on any atom is -0.298 e. The minimum atomic E-state index is -0.410. The second kappa shape index (κ2) is 4.92. The van der Waals surface area contributed by atoms with Crippen molar-refractivity contribution in [2.75, 3.05) is 0 Å². The fraction of sp³-hybridized carbons (Fsp3) is 0.800. The van der Waals surface area contributed by atoms with Gasteiger partial charge in [0.2, 0.25) is 0 Å². The molecule has 2 nitrogen and oxygen atoms in total. The molecule has 0 rings (SSSR count). The molecule has 1 unspecified atom stereocenters. The van der Waals surface area contributed by atoms with Crippen LogP contribution in [0.2, 0.25) is 0 Å². The number of carbonyl (C=O) groups excluding carboxylic acids is 1. The fourth-order valence-electron chi connectivity index (χ4n) is 1.12. The molecule has 0 aliphatic rings. The summed E-state index contributed by atoms with van der Waals surface area (Å²) in [6.07, 6.45) is 0.524. The van der Waals surface area contributed by atoms with Gasteiger partial charge in [0, 0.05) is 6.42 Å². The van der Waals surface area contributed by atoms with Crippen molar-refractivity contribution < 1.29 is 4.79 Å². The van der Waals surface area contributed by atoms with Gasteiger partial charge >= 0.3 is 0 Å². The molecule has 2 heteroatoms. The lowest BCUT2D eigenvalue weighted by Gasteiger charge is -2.12. The Kier molecular flexibility index (Phi) is 4.58. The van der Waals surface area contributed by atoms with Gasteiger partial charge in [0.05, 0.1) is 6.07 Å². The Labute approximate surface area is 74.6 Å². The first-order chi connectivity index (χ1) is 5.49. The maximum Gasteiger partial charge on any atom is 0.150 e. The highest BCUT2D eigenvalue weighted by Gasteiger charge is 2.21. The van der Waals surface area contributed by atoms with E-state index < -0.39 is 5.92 Å². The van der Waals surface area contributed by atoms with Crippen LogP contribution >= 0.6 is 0 Å². The van der Waals surface area contributed by atoms with E-state index in [1.165, 1.54) is 0 Å². The number of hydrogen-bond donors (Lipinski definition) is 0. The summed E-state index contributed by atoms with van der Waals surface area (Å²) >= 11 is 0. The average Bonchev–Trinajstić information content (AvgIpc) is 1.85. The Bertz CT molecular complexity index is 189. The van der Waals surface area contributed by atoms with Crippen molar-refractivity contribution in [1.29, 1.82) is 5.26 Å². The third-order valence-corrected chi connectivity index (χ3v) is 1.76. The summed E-state index contributed by atoms with van der Waals surface area (Å²) in [5, 5.41) is 8.71. The van der Waals surface area contributed by atoms with E-state index in [1.54, 1.807) is 0 Å². The summed E-state index contributed by atoms with van der Waals surface area (Å²) in [5.74, 6) is 0.170. The number of ketones is 1. The SMILES string of the molecule is CC(C)CC(=O)C(C#N)C(C)C. The van der Waals surface area contributed by atoms with Crippen LogP contribution in [0.15, 0.2) is 0 Å². The van der Waals surface area contributed by atoms with Crippen LogP contribution in [0, 0.1) is 29.1 Å². The van der Waals surface area contributed by atoms with Gasteiger partial charge in [-0.3, -0.25) is 4.79 Å². The summed E-state index contributed by atoms with van der Waals surface area (Å²) in [6.45, 7) is 7.80. The minimum absolute atomic E-state index is 0.0856. The topological polar surface area (TPSA) is 40.9 Å². The summed E-state index contributed by atoms with van der Waals surface area (Å²) in [4.78, 5) is 11.4. The molecule has 0 aromatic carbocycles.